The molecular formula is C29H33Cl2NO10S2. The SMILES string of the molecule is CC(=O)OC[C@H]1O[C@@H](SC(=S)C2=C(Nc3ccc(Cl)cc3Cl)CC(C)(C)CC2=O)[C@H](OC(C)=O)[C@@H](OC(C)=O)[C@@H]1OC(C)=O. The van der Waals surface area contributed by atoms with E-state index in [1.807, 2.05) is 13.8 Å². The first-order valence-corrected chi connectivity index (χ1v) is 15.5. The standard InChI is InChI=1S/C29H33Cl2NO10S2/c1-13(33)38-12-22-24(39-14(2)34)25(40-15(3)35)26(41-16(4)36)27(42-22)44-28(43)23-20(10-29(5,6)11-21(23)37)32-19-8-7-17(30)9-18(19)31/h7-9,22,24-27,32H,10-12H2,1-6H3/t22-,24-,25+,26-,27+/m1/s1. The Bertz CT molecular complexity index is 1380. The number of thiocarbonyl (C=S) groups is 1. The van der Waals surface area contributed by atoms with Crippen molar-refractivity contribution in [3.63, 3.8) is 0 Å². The van der Waals surface area contributed by atoms with Crippen molar-refractivity contribution in [2.24, 2.45) is 5.41 Å². The fraction of sp³-hybridized carbons (Fsp3) is 0.517. The molecule has 1 N–H and O–H groups in total. The van der Waals surface area contributed by atoms with Crippen LogP contribution in [-0.2, 0) is 47.7 Å². The Labute approximate surface area is 274 Å². The van der Waals surface area contributed by atoms with Gasteiger partial charge in [0.15, 0.2) is 24.1 Å². The molecule has 1 aliphatic heterocycles. The Kier molecular flexibility index (Phi) is 12.2. The minimum Gasteiger partial charge on any atom is -0.463 e. The molecule has 0 aromatic heterocycles. The van der Waals surface area contributed by atoms with Crippen molar-refractivity contribution in [2.45, 2.75) is 84.2 Å². The second-order valence-electron chi connectivity index (χ2n) is 11.0. The molecule has 1 heterocycles. The molecule has 1 fully saturated rings. The molecule has 1 aromatic rings. The molecule has 0 bridgehead atoms. The van der Waals surface area contributed by atoms with Crippen LogP contribution in [0.1, 0.15) is 54.4 Å². The molecule has 0 amide bonds. The minimum atomic E-state index is -1.37. The minimum absolute atomic E-state index is 0.0963. The van der Waals surface area contributed by atoms with Gasteiger partial charge in [-0.3, -0.25) is 24.0 Å². The maximum Gasteiger partial charge on any atom is 0.303 e. The molecule has 11 nitrogen and oxygen atoms in total. The summed E-state index contributed by atoms with van der Waals surface area (Å²) in [5.41, 5.74) is -0.356. The highest BCUT2D eigenvalue weighted by Gasteiger charge is 2.53. The maximum absolute atomic E-state index is 13.6. The summed E-state index contributed by atoms with van der Waals surface area (Å²) < 4.78 is 27.8. The number of allylic oxidation sites excluding steroid dienone is 1. The number of halogens is 2. The van der Waals surface area contributed by atoms with Crippen LogP contribution in [0.3, 0.4) is 0 Å². The van der Waals surface area contributed by atoms with Crippen molar-refractivity contribution < 1.29 is 47.7 Å². The lowest BCUT2D eigenvalue weighted by atomic mass is 9.76. The van der Waals surface area contributed by atoms with Crippen LogP contribution in [0.25, 0.3) is 0 Å². The van der Waals surface area contributed by atoms with E-state index in [1.54, 1.807) is 18.2 Å². The predicted octanol–water partition coefficient (Wildman–Crippen LogP) is 5.19. The fourth-order valence-electron chi connectivity index (χ4n) is 4.87. The first kappa shape index (κ1) is 35.8. The summed E-state index contributed by atoms with van der Waals surface area (Å²) >= 11 is 19.1. The molecule has 1 saturated heterocycles. The lowest BCUT2D eigenvalue weighted by Crippen LogP contribution is -2.61. The number of benzene rings is 1. The molecule has 1 aliphatic carbocycles. The van der Waals surface area contributed by atoms with E-state index >= 15 is 0 Å². The number of carbonyl (C=O) groups excluding carboxylic acids is 5. The second-order valence-corrected chi connectivity index (χ2v) is 13.6. The van der Waals surface area contributed by atoms with Gasteiger partial charge in [0.2, 0.25) is 0 Å². The van der Waals surface area contributed by atoms with Crippen molar-refractivity contribution in [1.82, 2.24) is 0 Å². The van der Waals surface area contributed by atoms with Gasteiger partial charge < -0.3 is 29.0 Å². The molecule has 0 radical (unpaired) electrons. The van der Waals surface area contributed by atoms with Gasteiger partial charge >= 0.3 is 23.9 Å². The number of rotatable bonds is 9. The van der Waals surface area contributed by atoms with Gasteiger partial charge in [0.25, 0.3) is 0 Å². The molecule has 1 aromatic carbocycles. The van der Waals surface area contributed by atoms with Gasteiger partial charge in [-0.15, -0.1) is 0 Å². The van der Waals surface area contributed by atoms with Gasteiger partial charge in [-0.1, -0.05) is 61.0 Å². The Morgan fingerprint density at radius 3 is 2.11 bits per heavy atom. The third-order valence-corrected chi connectivity index (χ3v) is 8.54. The number of ketones is 1. The average molecular weight is 691 g/mol. The number of hydrogen-bond donors (Lipinski definition) is 1. The summed E-state index contributed by atoms with van der Waals surface area (Å²) in [6, 6.07) is 4.89. The first-order valence-electron chi connectivity index (χ1n) is 13.5. The number of carbonyl (C=O) groups is 5. The Balaban J connectivity index is 2.06. The third-order valence-electron chi connectivity index (χ3n) is 6.47. The van der Waals surface area contributed by atoms with Crippen LogP contribution in [0.4, 0.5) is 5.69 Å². The fourth-order valence-corrected chi connectivity index (χ4v) is 6.95. The quantitative estimate of drug-likeness (QED) is 0.206. The highest BCUT2D eigenvalue weighted by molar-refractivity contribution is 8.24. The number of Topliss-reactive ketones (excluding diaryl/α,β-unsaturated/α-hetero) is 1. The zero-order valence-electron chi connectivity index (χ0n) is 24.9. The molecule has 0 spiro atoms. The second kappa shape index (κ2) is 15.0. The summed E-state index contributed by atoms with van der Waals surface area (Å²) in [5.74, 6) is -3.14. The van der Waals surface area contributed by atoms with Gasteiger partial charge in [-0.05, 0) is 30.0 Å². The predicted molar refractivity (Wildman–Crippen MR) is 167 cm³/mol. The van der Waals surface area contributed by atoms with Crippen LogP contribution >= 0.6 is 47.2 Å². The lowest BCUT2D eigenvalue weighted by Gasteiger charge is -2.44. The van der Waals surface area contributed by atoms with E-state index in [0.29, 0.717) is 27.9 Å². The number of esters is 4. The molecule has 44 heavy (non-hydrogen) atoms. The molecule has 2 aliphatic rings. The number of hydrogen-bond acceptors (Lipinski definition) is 13. The Morgan fingerprint density at radius 2 is 1.55 bits per heavy atom. The van der Waals surface area contributed by atoms with Crippen molar-refractivity contribution in [2.75, 3.05) is 11.9 Å². The van der Waals surface area contributed by atoms with E-state index in [9.17, 15) is 24.0 Å². The van der Waals surface area contributed by atoms with Crippen LogP contribution in [0.2, 0.25) is 10.0 Å². The first-order chi connectivity index (χ1) is 20.5. The van der Waals surface area contributed by atoms with E-state index in [-0.39, 0.29) is 28.6 Å². The van der Waals surface area contributed by atoms with Gasteiger partial charge in [0.1, 0.15) is 18.1 Å². The molecule has 5 atom stereocenters. The van der Waals surface area contributed by atoms with Gasteiger partial charge in [-0.25, -0.2) is 0 Å². The van der Waals surface area contributed by atoms with E-state index in [4.69, 9.17) is 59.1 Å². The molecule has 3 rings (SSSR count). The molecule has 0 saturated carbocycles. The van der Waals surface area contributed by atoms with Crippen LogP contribution in [0.15, 0.2) is 29.5 Å². The van der Waals surface area contributed by atoms with Crippen LogP contribution in [-0.4, -0.2) is 70.3 Å². The van der Waals surface area contributed by atoms with Crippen LogP contribution in [0, 0.1) is 5.41 Å². The van der Waals surface area contributed by atoms with Gasteiger partial charge in [-0.2, -0.15) is 0 Å². The van der Waals surface area contributed by atoms with E-state index < -0.39 is 59.1 Å². The highest BCUT2D eigenvalue weighted by atomic mass is 35.5. The smallest absolute Gasteiger partial charge is 0.303 e. The van der Waals surface area contributed by atoms with Crippen LogP contribution < -0.4 is 5.32 Å². The monoisotopic (exact) mass is 689 g/mol. The molecule has 240 valence electrons. The summed E-state index contributed by atoms with van der Waals surface area (Å²) in [6.45, 7) is 8.09. The average Bonchev–Trinajstić information content (AvgIpc) is 2.86. The summed E-state index contributed by atoms with van der Waals surface area (Å²) in [5, 5.41) is 4.00. The molecule has 0 unspecified atom stereocenters. The van der Waals surface area contributed by atoms with E-state index in [1.165, 1.54) is 6.92 Å². The zero-order valence-corrected chi connectivity index (χ0v) is 28.0. The van der Waals surface area contributed by atoms with E-state index in [2.05, 4.69) is 5.32 Å². The van der Waals surface area contributed by atoms with Gasteiger partial charge in [0, 0.05) is 44.8 Å². The number of thioether (sulfide) groups is 1. The van der Waals surface area contributed by atoms with Gasteiger partial charge in [0.05, 0.1) is 20.5 Å². The van der Waals surface area contributed by atoms with Crippen molar-refractivity contribution >= 4 is 86.7 Å². The topological polar surface area (TPSA) is 144 Å². The molecular weight excluding hydrogens is 657 g/mol. The third kappa shape index (κ3) is 9.64. The zero-order chi connectivity index (χ0) is 32.9. The number of ether oxygens (including phenoxy) is 5. The van der Waals surface area contributed by atoms with Crippen LogP contribution in [0.5, 0.6) is 0 Å². The normalized spacial score (nSPS) is 24.6. The number of anilines is 1. The maximum atomic E-state index is 13.6. The summed E-state index contributed by atoms with van der Waals surface area (Å²) in [4.78, 5) is 61.6. The van der Waals surface area contributed by atoms with E-state index in [0.717, 1.165) is 32.5 Å². The largest absolute Gasteiger partial charge is 0.463 e. The summed E-state index contributed by atoms with van der Waals surface area (Å²) in [7, 11) is 0. The Morgan fingerprint density at radius 1 is 0.955 bits per heavy atom. The van der Waals surface area contributed by atoms with Crippen molar-refractivity contribution in [1.29, 1.82) is 0 Å². The van der Waals surface area contributed by atoms with Crippen molar-refractivity contribution in [3.8, 4) is 0 Å². The van der Waals surface area contributed by atoms with Crippen molar-refractivity contribution in [3.05, 3.63) is 39.5 Å². The highest BCUT2D eigenvalue weighted by Crippen LogP contribution is 2.42. The number of nitrogens with one attached hydrogen (secondary N) is 1. The Hall–Kier alpha value is -2.71. The summed E-state index contributed by atoms with van der Waals surface area (Å²) in [6.07, 6.45) is -4.54. The molecule has 15 heteroatoms. The lowest BCUT2D eigenvalue weighted by molar-refractivity contribution is -0.237.